The van der Waals surface area contributed by atoms with Crippen molar-refractivity contribution in [2.75, 3.05) is 13.7 Å². The zero-order valence-corrected chi connectivity index (χ0v) is 18.8. The Kier molecular flexibility index (Phi) is 6.88. The molecule has 0 aromatic heterocycles. The van der Waals surface area contributed by atoms with E-state index in [1.54, 1.807) is 30.3 Å². The first-order valence-corrected chi connectivity index (χ1v) is 10.2. The number of amides is 3. The maximum atomic E-state index is 13.8. The quantitative estimate of drug-likeness (QED) is 0.339. The molecule has 30 heavy (non-hydrogen) atoms. The molecule has 0 radical (unpaired) electrons. The third-order valence-electron chi connectivity index (χ3n) is 4.14. The van der Waals surface area contributed by atoms with Gasteiger partial charge in [-0.3, -0.25) is 9.59 Å². The SMILES string of the molecule is COC(=O)CN1C(=O)N/C(=C/c2cc(Br)c(OCc3ccccc3F)c(Br)c2)C1=O. The summed E-state index contributed by atoms with van der Waals surface area (Å²) >= 11 is 6.80. The Morgan fingerprint density at radius 3 is 2.50 bits per heavy atom. The number of methoxy groups -OCH3 is 1. The zero-order chi connectivity index (χ0) is 21.8. The van der Waals surface area contributed by atoms with Crippen LogP contribution in [-0.2, 0) is 20.9 Å². The molecule has 0 unspecified atom stereocenters. The van der Waals surface area contributed by atoms with Gasteiger partial charge in [-0.1, -0.05) is 18.2 Å². The van der Waals surface area contributed by atoms with Crippen molar-refractivity contribution in [3.63, 3.8) is 0 Å². The molecule has 1 saturated heterocycles. The lowest BCUT2D eigenvalue weighted by Crippen LogP contribution is -2.36. The Balaban J connectivity index is 1.78. The number of carbonyl (C=O) groups is 3. The molecule has 156 valence electrons. The molecule has 1 aliphatic heterocycles. The van der Waals surface area contributed by atoms with Crippen molar-refractivity contribution >= 4 is 55.8 Å². The van der Waals surface area contributed by atoms with Crippen LogP contribution >= 0.6 is 31.9 Å². The fraction of sp³-hybridized carbons (Fsp3) is 0.150. The molecule has 0 atom stereocenters. The average Bonchev–Trinajstić information content (AvgIpc) is 2.95. The van der Waals surface area contributed by atoms with Gasteiger partial charge in [0.2, 0.25) is 0 Å². The van der Waals surface area contributed by atoms with Gasteiger partial charge in [0, 0.05) is 5.56 Å². The number of carbonyl (C=O) groups excluding carboxylic acids is 3. The highest BCUT2D eigenvalue weighted by molar-refractivity contribution is 9.11. The number of esters is 1. The molecule has 10 heteroatoms. The molecule has 3 rings (SSSR count). The van der Waals surface area contributed by atoms with E-state index in [9.17, 15) is 18.8 Å². The van der Waals surface area contributed by atoms with Crippen LogP contribution in [0.5, 0.6) is 5.75 Å². The summed E-state index contributed by atoms with van der Waals surface area (Å²) in [5, 5.41) is 2.43. The summed E-state index contributed by atoms with van der Waals surface area (Å²) < 4.78 is 25.1. The van der Waals surface area contributed by atoms with Crippen LogP contribution in [0.2, 0.25) is 0 Å². The second-order valence-electron chi connectivity index (χ2n) is 6.15. The predicted octanol–water partition coefficient (Wildman–Crippen LogP) is 4.00. The van der Waals surface area contributed by atoms with Crippen LogP contribution in [0.1, 0.15) is 11.1 Å². The molecule has 0 aliphatic carbocycles. The summed E-state index contributed by atoms with van der Waals surface area (Å²) in [7, 11) is 1.17. The lowest BCUT2D eigenvalue weighted by Gasteiger charge is -2.12. The molecule has 0 spiro atoms. The molecule has 2 aromatic carbocycles. The molecule has 3 amide bonds. The highest BCUT2D eigenvalue weighted by atomic mass is 79.9. The van der Waals surface area contributed by atoms with Crippen LogP contribution in [0.25, 0.3) is 6.08 Å². The summed E-state index contributed by atoms with van der Waals surface area (Å²) in [5.74, 6) is -1.26. The Morgan fingerprint density at radius 1 is 1.20 bits per heavy atom. The Bertz CT molecular complexity index is 1030. The van der Waals surface area contributed by atoms with Gasteiger partial charge in [-0.25, -0.2) is 14.1 Å². The number of nitrogens with zero attached hydrogens (tertiary/aromatic N) is 1. The predicted molar refractivity (Wildman–Crippen MR) is 113 cm³/mol. The molecule has 0 bridgehead atoms. The topological polar surface area (TPSA) is 84.9 Å². The number of hydrogen-bond acceptors (Lipinski definition) is 5. The van der Waals surface area contributed by atoms with E-state index in [1.165, 1.54) is 19.3 Å². The monoisotopic (exact) mass is 540 g/mol. The van der Waals surface area contributed by atoms with E-state index in [4.69, 9.17) is 4.74 Å². The van der Waals surface area contributed by atoms with Crippen molar-refractivity contribution in [1.29, 1.82) is 0 Å². The lowest BCUT2D eigenvalue weighted by atomic mass is 10.2. The number of imide groups is 1. The molecule has 1 fully saturated rings. The van der Waals surface area contributed by atoms with Crippen molar-refractivity contribution < 1.29 is 28.2 Å². The number of hydrogen-bond donors (Lipinski definition) is 1. The molecule has 1 heterocycles. The number of urea groups is 1. The maximum Gasteiger partial charge on any atom is 0.329 e. The van der Waals surface area contributed by atoms with Crippen molar-refractivity contribution in [3.05, 3.63) is 68.0 Å². The second-order valence-corrected chi connectivity index (χ2v) is 7.86. The van der Waals surface area contributed by atoms with Crippen LogP contribution in [0.3, 0.4) is 0 Å². The van der Waals surface area contributed by atoms with Gasteiger partial charge in [-0.15, -0.1) is 0 Å². The normalized spacial score (nSPS) is 14.8. The third-order valence-corrected chi connectivity index (χ3v) is 5.32. The van der Waals surface area contributed by atoms with Crippen molar-refractivity contribution in [3.8, 4) is 5.75 Å². The molecule has 7 nitrogen and oxygen atoms in total. The minimum atomic E-state index is -0.709. The third kappa shape index (κ3) is 4.88. The number of ether oxygens (including phenoxy) is 2. The van der Waals surface area contributed by atoms with Gasteiger partial charge >= 0.3 is 12.0 Å². The van der Waals surface area contributed by atoms with E-state index in [1.807, 2.05) is 0 Å². The van der Waals surface area contributed by atoms with Gasteiger partial charge in [0.1, 0.15) is 30.4 Å². The lowest BCUT2D eigenvalue weighted by molar-refractivity contribution is -0.143. The molecule has 0 saturated carbocycles. The number of halogens is 3. The van der Waals surface area contributed by atoms with Crippen LogP contribution in [0.4, 0.5) is 9.18 Å². The smallest absolute Gasteiger partial charge is 0.329 e. The average molecular weight is 542 g/mol. The Labute approximate surface area is 188 Å². The van der Waals surface area contributed by atoms with Gasteiger partial charge in [-0.2, -0.15) is 0 Å². The van der Waals surface area contributed by atoms with E-state index in [0.717, 1.165) is 4.90 Å². The summed E-state index contributed by atoms with van der Waals surface area (Å²) in [6.45, 7) is -0.448. The van der Waals surface area contributed by atoms with Crippen LogP contribution in [-0.4, -0.2) is 36.5 Å². The van der Waals surface area contributed by atoms with Gasteiger partial charge in [0.05, 0.1) is 16.1 Å². The minimum Gasteiger partial charge on any atom is -0.486 e. The maximum absolute atomic E-state index is 13.8. The van der Waals surface area contributed by atoms with E-state index in [0.29, 0.717) is 25.8 Å². The molecule has 2 aromatic rings. The molecule has 1 N–H and O–H groups in total. The van der Waals surface area contributed by atoms with E-state index >= 15 is 0 Å². The Hall–Kier alpha value is -2.72. The van der Waals surface area contributed by atoms with E-state index < -0.39 is 24.5 Å². The number of nitrogens with one attached hydrogen (secondary N) is 1. The summed E-state index contributed by atoms with van der Waals surface area (Å²) in [6, 6.07) is 8.95. The molecular formula is C20H15Br2FN2O5. The Morgan fingerprint density at radius 2 is 1.87 bits per heavy atom. The van der Waals surface area contributed by atoms with Crippen LogP contribution in [0.15, 0.2) is 51.0 Å². The number of rotatable bonds is 6. The largest absolute Gasteiger partial charge is 0.486 e. The van der Waals surface area contributed by atoms with Gasteiger partial charge < -0.3 is 14.8 Å². The summed E-state index contributed by atoms with van der Waals surface area (Å²) in [4.78, 5) is 36.5. The fourth-order valence-corrected chi connectivity index (χ4v) is 4.09. The summed E-state index contributed by atoms with van der Waals surface area (Å²) in [5.41, 5.74) is 1.01. The van der Waals surface area contributed by atoms with Gasteiger partial charge in [0.25, 0.3) is 5.91 Å². The first-order valence-electron chi connectivity index (χ1n) is 8.56. The first-order chi connectivity index (χ1) is 14.3. The summed E-state index contributed by atoms with van der Waals surface area (Å²) in [6.07, 6.45) is 1.47. The van der Waals surface area contributed by atoms with Crippen LogP contribution < -0.4 is 10.1 Å². The number of benzene rings is 2. The minimum absolute atomic E-state index is 0.0164. The van der Waals surface area contributed by atoms with Crippen molar-refractivity contribution in [1.82, 2.24) is 10.2 Å². The first kappa shape index (κ1) is 22.0. The molecular weight excluding hydrogens is 527 g/mol. The van der Waals surface area contributed by atoms with Crippen molar-refractivity contribution in [2.24, 2.45) is 0 Å². The molecule has 1 aliphatic rings. The van der Waals surface area contributed by atoms with Gasteiger partial charge in [-0.05, 0) is 61.7 Å². The zero-order valence-electron chi connectivity index (χ0n) is 15.6. The highest BCUT2D eigenvalue weighted by Crippen LogP contribution is 2.36. The van der Waals surface area contributed by atoms with E-state index in [-0.39, 0.29) is 18.1 Å². The van der Waals surface area contributed by atoms with E-state index in [2.05, 4.69) is 41.9 Å². The van der Waals surface area contributed by atoms with Crippen molar-refractivity contribution in [2.45, 2.75) is 6.61 Å². The van der Waals surface area contributed by atoms with Crippen LogP contribution in [0, 0.1) is 5.82 Å². The second kappa shape index (κ2) is 9.40. The highest BCUT2D eigenvalue weighted by Gasteiger charge is 2.35. The standard InChI is InChI=1S/C20H15Br2FN2O5/c1-29-17(26)9-25-19(27)16(24-20(25)28)8-11-6-13(21)18(14(22)7-11)30-10-12-4-2-3-5-15(12)23/h2-8H,9-10H2,1H3,(H,24,28)/b16-8+. The van der Waals surface area contributed by atoms with Gasteiger partial charge in [0.15, 0.2) is 0 Å². The fourth-order valence-electron chi connectivity index (χ4n) is 2.64.